The van der Waals surface area contributed by atoms with Gasteiger partial charge < -0.3 is 14.4 Å². The van der Waals surface area contributed by atoms with Gasteiger partial charge in [0.25, 0.3) is 5.91 Å². The Morgan fingerprint density at radius 1 is 1.29 bits per heavy atom. The number of carbonyl (C=O) groups excluding carboxylic acids is 1. The Hall–Kier alpha value is -2.60. The third-order valence-electron chi connectivity index (χ3n) is 3.67. The van der Waals surface area contributed by atoms with E-state index < -0.39 is 0 Å². The summed E-state index contributed by atoms with van der Waals surface area (Å²) in [6.45, 7) is 2.45. The molecule has 28 heavy (non-hydrogen) atoms. The van der Waals surface area contributed by atoms with Gasteiger partial charge in [0, 0.05) is 14.1 Å². The first-order valence-electron chi connectivity index (χ1n) is 8.52. The molecule has 0 aromatic heterocycles. The first-order valence-corrected chi connectivity index (χ1v) is 9.60. The number of benzene rings is 2. The summed E-state index contributed by atoms with van der Waals surface area (Å²) in [6.07, 6.45) is 1.52. The Morgan fingerprint density at radius 3 is 2.64 bits per heavy atom. The topological polar surface area (TPSA) is 62.6 Å². The second-order valence-electron chi connectivity index (χ2n) is 6.05. The Kier molecular flexibility index (Phi) is 7.81. The third-order valence-corrected chi connectivity index (χ3v) is 4.47. The maximum Gasteiger partial charge on any atom is 0.264 e. The summed E-state index contributed by atoms with van der Waals surface area (Å²) < 4.78 is 25.7. The highest BCUT2D eigenvalue weighted by Gasteiger charge is 2.15. The van der Waals surface area contributed by atoms with Gasteiger partial charge >= 0.3 is 0 Å². The van der Waals surface area contributed by atoms with Crippen LogP contribution in [0.15, 0.2) is 42.0 Å². The zero-order valence-corrected chi connectivity index (χ0v) is 18.0. The van der Waals surface area contributed by atoms with Gasteiger partial charge in [-0.1, -0.05) is 12.1 Å². The molecule has 2 rings (SSSR count). The highest BCUT2D eigenvalue weighted by atomic mass is 127. The lowest BCUT2D eigenvalue weighted by Crippen LogP contribution is -2.22. The molecule has 0 radical (unpaired) electrons. The fourth-order valence-electron chi connectivity index (χ4n) is 2.41. The van der Waals surface area contributed by atoms with E-state index in [0.29, 0.717) is 29.2 Å². The minimum absolute atomic E-state index is 0.0247. The summed E-state index contributed by atoms with van der Waals surface area (Å²) in [5, 5.41) is 9.28. The highest BCUT2D eigenvalue weighted by molar-refractivity contribution is 14.1. The zero-order valence-electron chi connectivity index (χ0n) is 15.8. The maximum absolute atomic E-state index is 13.4. The van der Waals surface area contributed by atoms with Crippen LogP contribution in [0.4, 0.5) is 4.39 Å². The number of ether oxygens (including phenoxy) is 2. The Labute approximate surface area is 177 Å². The highest BCUT2D eigenvalue weighted by Crippen LogP contribution is 2.35. The molecule has 0 saturated heterocycles. The Bertz CT molecular complexity index is 936. The predicted molar refractivity (Wildman–Crippen MR) is 113 cm³/mol. The van der Waals surface area contributed by atoms with Gasteiger partial charge in [-0.25, -0.2) is 4.39 Å². The van der Waals surface area contributed by atoms with Crippen molar-refractivity contribution in [2.75, 3.05) is 20.7 Å². The molecule has 0 aliphatic carbocycles. The molecule has 5 nitrogen and oxygen atoms in total. The lowest BCUT2D eigenvalue weighted by Gasteiger charge is -2.15. The van der Waals surface area contributed by atoms with E-state index >= 15 is 0 Å². The van der Waals surface area contributed by atoms with Gasteiger partial charge in [0.15, 0.2) is 11.5 Å². The Morgan fingerprint density at radius 2 is 2.04 bits per heavy atom. The molecule has 1 amide bonds. The summed E-state index contributed by atoms with van der Waals surface area (Å²) in [7, 11) is 3.18. The predicted octanol–water partition coefficient (Wildman–Crippen LogP) is 4.40. The minimum Gasteiger partial charge on any atom is -0.490 e. The van der Waals surface area contributed by atoms with Crippen molar-refractivity contribution in [2.45, 2.75) is 13.5 Å². The fourth-order valence-corrected chi connectivity index (χ4v) is 3.19. The van der Waals surface area contributed by atoms with E-state index in [1.54, 1.807) is 38.4 Å². The van der Waals surface area contributed by atoms with Crippen LogP contribution in [-0.4, -0.2) is 31.5 Å². The van der Waals surface area contributed by atoms with Crippen LogP contribution < -0.4 is 9.47 Å². The first-order chi connectivity index (χ1) is 13.3. The number of nitrogens with zero attached hydrogens (tertiary/aromatic N) is 2. The van der Waals surface area contributed by atoms with Crippen molar-refractivity contribution in [3.63, 3.8) is 0 Å². The number of halogens is 2. The summed E-state index contributed by atoms with van der Waals surface area (Å²) in [5.74, 6) is 0.325. The maximum atomic E-state index is 13.4. The van der Waals surface area contributed by atoms with E-state index in [4.69, 9.17) is 9.47 Å². The van der Waals surface area contributed by atoms with Crippen LogP contribution in [0, 0.1) is 20.7 Å². The Balaban J connectivity index is 2.35. The molecule has 0 bridgehead atoms. The van der Waals surface area contributed by atoms with E-state index in [0.717, 1.165) is 3.57 Å². The van der Waals surface area contributed by atoms with E-state index in [1.807, 2.05) is 13.0 Å². The second kappa shape index (κ2) is 10.1. The molecule has 0 spiro atoms. The van der Waals surface area contributed by atoms with E-state index in [1.165, 1.54) is 23.1 Å². The summed E-state index contributed by atoms with van der Waals surface area (Å²) >= 11 is 2.10. The molecule has 0 N–H and O–H groups in total. The average molecular weight is 494 g/mol. The summed E-state index contributed by atoms with van der Waals surface area (Å²) in [4.78, 5) is 13.4. The quantitative estimate of drug-likeness (QED) is 0.325. The number of amides is 1. The van der Waals surface area contributed by atoms with Crippen molar-refractivity contribution in [2.24, 2.45) is 0 Å². The molecule has 0 aliphatic heterocycles. The van der Waals surface area contributed by atoms with Crippen molar-refractivity contribution in [3.05, 3.63) is 62.5 Å². The van der Waals surface area contributed by atoms with Crippen molar-refractivity contribution < 1.29 is 18.7 Å². The largest absolute Gasteiger partial charge is 0.490 e. The van der Waals surface area contributed by atoms with Gasteiger partial charge in [0.2, 0.25) is 0 Å². The molecule has 2 aromatic rings. The first kappa shape index (κ1) is 21.7. The number of likely N-dealkylation sites (N-methyl/N-ethyl adjacent to an activating group) is 1. The molecule has 0 aliphatic rings. The average Bonchev–Trinajstić information content (AvgIpc) is 2.65. The fraction of sp³-hybridized carbons (Fsp3) is 0.238. The van der Waals surface area contributed by atoms with Crippen LogP contribution in [0.25, 0.3) is 6.08 Å². The molecule has 146 valence electrons. The molecule has 0 saturated carbocycles. The summed E-state index contributed by atoms with van der Waals surface area (Å²) in [6, 6.07) is 11.6. The van der Waals surface area contributed by atoms with E-state index in [-0.39, 0.29) is 23.9 Å². The van der Waals surface area contributed by atoms with Gasteiger partial charge in [0.1, 0.15) is 24.1 Å². The van der Waals surface area contributed by atoms with Crippen LogP contribution in [0.2, 0.25) is 0 Å². The van der Waals surface area contributed by atoms with Gasteiger partial charge in [-0.2, -0.15) is 5.26 Å². The normalized spacial score (nSPS) is 10.9. The smallest absolute Gasteiger partial charge is 0.264 e. The number of hydrogen-bond donors (Lipinski definition) is 0. The monoisotopic (exact) mass is 494 g/mol. The minimum atomic E-state index is -0.373. The third kappa shape index (κ3) is 5.70. The van der Waals surface area contributed by atoms with Crippen molar-refractivity contribution in [3.8, 4) is 17.6 Å². The van der Waals surface area contributed by atoms with Crippen LogP contribution in [0.5, 0.6) is 11.5 Å². The zero-order chi connectivity index (χ0) is 20.7. The van der Waals surface area contributed by atoms with Crippen LogP contribution in [0.3, 0.4) is 0 Å². The second-order valence-corrected chi connectivity index (χ2v) is 7.21. The molecule has 0 fully saturated rings. The van der Waals surface area contributed by atoms with Gasteiger partial charge in [-0.05, 0) is 71.0 Å². The number of rotatable bonds is 7. The van der Waals surface area contributed by atoms with Crippen molar-refractivity contribution in [1.29, 1.82) is 5.26 Å². The molecular formula is C21H20FIN2O3. The molecule has 0 unspecified atom stereocenters. The van der Waals surface area contributed by atoms with Gasteiger partial charge in [0.05, 0.1) is 10.2 Å². The van der Waals surface area contributed by atoms with Crippen molar-refractivity contribution in [1.82, 2.24) is 4.90 Å². The van der Waals surface area contributed by atoms with E-state index in [2.05, 4.69) is 22.6 Å². The lowest BCUT2D eigenvalue weighted by atomic mass is 10.1. The van der Waals surface area contributed by atoms with Crippen molar-refractivity contribution >= 4 is 34.6 Å². The molecular weight excluding hydrogens is 474 g/mol. The standard InChI is InChI=1S/C21H20FIN2O3/c1-4-27-19-11-15(8-16(12-24)21(26)25(2)3)10-18(23)20(19)28-13-14-6-5-7-17(22)9-14/h5-11H,4,13H2,1-3H3/b16-8-. The molecule has 0 atom stereocenters. The summed E-state index contributed by atoms with van der Waals surface area (Å²) in [5.41, 5.74) is 1.37. The SMILES string of the molecule is CCOc1cc(/C=C(/C#N)C(=O)N(C)C)cc(I)c1OCc1cccc(F)c1. The van der Waals surface area contributed by atoms with Gasteiger partial charge in [-0.15, -0.1) is 0 Å². The number of nitriles is 1. The lowest BCUT2D eigenvalue weighted by molar-refractivity contribution is -0.124. The van der Waals surface area contributed by atoms with Gasteiger partial charge in [-0.3, -0.25) is 4.79 Å². The number of hydrogen-bond acceptors (Lipinski definition) is 4. The van der Waals surface area contributed by atoms with Crippen LogP contribution in [-0.2, 0) is 11.4 Å². The molecule has 0 heterocycles. The molecule has 2 aromatic carbocycles. The number of carbonyl (C=O) groups is 1. The molecule has 7 heteroatoms. The van der Waals surface area contributed by atoms with E-state index in [9.17, 15) is 14.4 Å². The van der Waals surface area contributed by atoms with Crippen LogP contribution >= 0.6 is 22.6 Å². The van der Waals surface area contributed by atoms with Crippen LogP contribution in [0.1, 0.15) is 18.1 Å².